The van der Waals surface area contributed by atoms with Gasteiger partial charge in [-0.15, -0.1) is 6.58 Å². The van der Waals surface area contributed by atoms with Crippen molar-refractivity contribution >= 4 is 57.6 Å². The number of carbonyl (C=O) groups is 1. The summed E-state index contributed by atoms with van der Waals surface area (Å²) >= 11 is 12.3. The van der Waals surface area contributed by atoms with Crippen LogP contribution in [0.5, 0.6) is 11.5 Å². The molecule has 0 aliphatic carbocycles. The molecule has 144 valence electrons. The molecule has 1 aliphatic rings. The highest BCUT2D eigenvalue weighted by molar-refractivity contribution is 8.27. The van der Waals surface area contributed by atoms with E-state index in [1.165, 1.54) is 30.2 Å². The van der Waals surface area contributed by atoms with E-state index in [1.54, 1.807) is 24.3 Å². The van der Waals surface area contributed by atoms with E-state index in [4.69, 9.17) is 28.6 Å². The number of allylic oxidation sites excluding steroid dienone is 1. The van der Waals surface area contributed by atoms with Gasteiger partial charge in [0.15, 0.2) is 15.8 Å². The van der Waals surface area contributed by atoms with Crippen molar-refractivity contribution in [2.24, 2.45) is 0 Å². The molecule has 1 saturated heterocycles. The van der Waals surface area contributed by atoms with Gasteiger partial charge in [0, 0.05) is 5.56 Å². The first kappa shape index (κ1) is 20.4. The second-order valence-electron chi connectivity index (χ2n) is 5.84. The number of thioether (sulfide) groups is 1. The zero-order chi connectivity index (χ0) is 20.4. The standard InChI is InChI=1S/C20H15ClFNO3S2/c1-3-4-12-7-11(8-16(26-2)18(12)24)9-17-19(25)23(20(27)28-17)13-5-6-15(22)14(21)10-13/h3,5-10,24H,1,4H2,2H3/b17-9-. The van der Waals surface area contributed by atoms with Crippen LogP contribution in [0, 0.1) is 5.82 Å². The van der Waals surface area contributed by atoms with Gasteiger partial charge < -0.3 is 9.84 Å². The van der Waals surface area contributed by atoms with Crippen molar-refractivity contribution in [3.8, 4) is 11.5 Å². The quantitative estimate of drug-likeness (QED) is 0.391. The van der Waals surface area contributed by atoms with E-state index in [1.807, 2.05) is 0 Å². The van der Waals surface area contributed by atoms with Crippen LogP contribution in [0.25, 0.3) is 6.08 Å². The van der Waals surface area contributed by atoms with Crippen molar-refractivity contribution in [1.29, 1.82) is 0 Å². The van der Waals surface area contributed by atoms with Gasteiger partial charge in [-0.2, -0.15) is 0 Å². The minimum atomic E-state index is -0.572. The molecule has 1 N–H and O–H groups in total. The Morgan fingerprint density at radius 1 is 1.39 bits per heavy atom. The zero-order valence-corrected chi connectivity index (χ0v) is 17.1. The molecule has 4 nitrogen and oxygen atoms in total. The van der Waals surface area contributed by atoms with Gasteiger partial charge in [-0.1, -0.05) is 41.7 Å². The predicted octanol–water partition coefficient (Wildman–Crippen LogP) is 5.33. The molecule has 0 aromatic heterocycles. The molecule has 28 heavy (non-hydrogen) atoms. The number of rotatable bonds is 5. The van der Waals surface area contributed by atoms with Gasteiger partial charge in [0.2, 0.25) is 0 Å². The Kier molecular flexibility index (Phi) is 6.07. The van der Waals surface area contributed by atoms with Crippen molar-refractivity contribution in [1.82, 2.24) is 0 Å². The van der Waals surface area contributed by atoms with Gasteiger partial charge in [-0.3, -0.25) is 9.69 Å². The summed E-state index contributed by atoms with van der Waals surface area (Å²) in [6.45, 7) is 3.68. The largest absolute Gasteiger partial charge is 0.504 e. The Bertz CT molecular complexity index is 1020. The Morgan fingerprint density at radius 3 is 2.79 bits per heavy atom. The van der Waals surface area contributed by atoms with Crippen LogP contribution in [0.15, 0.2) is 47.9 Å². The molecule has 0 unspecified atom stereocenters. The Labute approximate surface area is 176 Å². The first-order valence-corrected chi connectivity index (χ1v) is 9.69. The van der Waals surface area contributed by atoms with Crippen LogP contribution >= 0.6 is 35.6 Å². The number of hydrogen-bond donors (Lipinski definition) is 1. The van der Waals surface area contributed by atoms with Crippen LogP contribution in [0.1, 0.15) is 11.1 Å². The third-order valence-electron chi connectivity index (χ3n) is 4.01. The van der Waals surface area contributed by atoms with Gasteiger partial charge in [0.05, 0.1) is 22.7 Å². The smallest absolute Gasteiger partial charge is 0.270 e. The number of carbonyl (C=O) groups excluding carboxylic acids is 1. The fourth-order valence-electron chi connectivity index (χ4n) is 2.71. The molecule has 0 radical (unpaired) electrons. The summed E-state index contributed by atoms with van der Waals surface area (Å²) in [5, 5.41) is 10.1. The van der Waals surface area contributed by atoms with E-state index in [-0.39, 0.29) is 16.7 Å². The zero-order valence-electron chi connectivity index (χ0n) is 14.7. The summed E-state index contributed by atoms with van der Waals surface area (Å²) in [5.74, 6) is -0.577. The van der Waals surface area contributed by atoms with Crippen molar-refractivity contribution in [2.45, 2.75) is 6.42 Å². The normalized spacial score (nSPS) is 15.4. The van der Waals surface area contributed by atoms with Crippen LogP contribution < -0.4 is 9.64 Å². The third kappa shape index (κ3) is 3.92. The molecule has 0 bridgehead atoms. The number of nitrogens with zero attached hydrogens (tertiary/aromatic N) is 1. The molecule has 0 spiro atoms. The average Bonchev–Trinajstić information content (AvgIpc) is 2.93. The number of methoxy groups -OCH3 is 1. The van der Waals surface area contributed by atoms with Crippen molar-refractivity contribution < 1.29 is 19.0 Å². The number of benzene rings is 2. The molecule has 0 atom stereocenters. The summed E-state index contributed by atoms with van der Waals surface area (Å²) < 4.78 is 18.9. The summed E-state index contributed by atoms with van der Waals surface area (Å²) in [6, 6.07) is 7.37. The van der Waals surface area contributed by atoms with Crippen molar-refractivity contribution in [2.75, 3.05) is 12.0 Å². The SMILES string of the molecule is C=CCc1cc(/C=C2\SC(=S)N(c3ccc(F)c(Cl)c3)C2=O)cc(OC)c1O. The van der Waals surface area contributed by atoms with E-state index in [9.17, 15) is 14.3 Å². The van der Waals surface area contributed by atoms with Crippen LogP contribution in [0.4, 0.5) is 10.1 Å². The topological polar surface area (TPSA) is 49.8 Å². The van der Waals surface area contributed by atoms with Crippen molar-refractivity contribution in [3.63, 3.8) is 0 Å². The first-order valence-electron chi connectivity index (χ1n) is 8.09. The molecule has 2 aromatic rings. The molecular formula is C20H15ClFNO3S2. The Hall–Kier alpha value is -2.35. The van der Waals surface area contributed by atoms with Crippen LogP contribution in [-0.4, -0.2) is 22.4 Å². The van der Waals surface area contributed by atoms with E-state index in [0.717, 1.165) is 11.8 Å². The van der Waals surface area contributed by atoms with Gasteiger partial charge in [-0.05, 0) is 48.4 Å². The monoisotopic (exact) mass is 435 g/mol. The number of aromatic hydroxyl groups is 1. The highest BCUT2D eigenvalue weighted by Crippen LogP contribution is 2.39. The van der Waals surface area contributed by atoms with E-state index in [2.05, 4.69) is 6.58 Å². The molecule has 2 aromatic carbocycles. The van der Waals surface area contributed by atoms with Crippen LogP contribution in [0.3, 0.4) is 0 Å². The molecule has 1 amide bonds. The number of hydrogen-bond acceptors (Lipinski definition) is 5. The fraction of sp³-hybridized carbons (Fsp3) is 0.100. The summed E-state index contributed by atoms with van der Waals surface area (Å²) in [6.07, 6.45) is 3.77. The maximum Gasteiger partial charge on any atom is 0.270 e. The maximum atomic E-state index is 13.4. The number of halogens is 2. The third-order valence-corrected chi connectivity index (χ3v) is 5.61. The van der Waals surface area contributed by atoms with E-state index >= 15 is 0 Å². The highest BCUT2D eigenvalue weighted by atomic mass is 35.5. The lowest BCUT2D eigenvalue weighted by atomic mass is 10.1. The molecule has 1 aliphatic heterocycles. The molecule has 0 saturated carbocycles. The molecule has 3 rings (SSSR count). The van der Waals surface area contributed by atoms with Gasteiger partial charge in [-0.25, -0.2) is 4.39 Å². The Morgan fingerprint density at radius 2 is 2.14 bits per heavy atom. The maximum absolute atomic E-state index is 13.4. The summed E-state index contributed by atoms with van der Waals surface area (Å²) in [5.41, 5.74) is 1.69. The van der Waals surface area contributed by atoms with E-state index < -0.39 is 5.82 Å². The highest BCUT2D eigenvalue weighted by Gasteiger charge is 2.33. The molecule has 1 fully saturated rings. The average molecular weight is 436 g/mol. The fourth-order valence-corrected chi connectivity index (χ4v) is 4.18. The molecular weight excluding hydrogens is 421 g/mol. The lowest BCUT2D eigenvalue weighted by Gasteiger charge is -2.14. The number of phenolic OH excluding ortho intramolecular Hbond substituents is 1. The van der Waals surface area contributed by atoms with Gasteiger partial charge >= 0.3 is 0 Å². The van der Waals surface area contributed by atoms with E-state index in [0.29, 0.717) is 38.2 Å². The predicted molar refractivity (Wildman–Crippen MR) is 116 cm³/mol. The van der Waals surface area contributed by atoms with Crippen LogP contribution in [0.2, 0.25) is 5.02 Å². The number of thiocarbonyl (C=S) groups is 1. The molecule has 1 heterocycles. The summed E-state index contributed by atoms with van der Waals surface area (Å²) in [7, 11) is 1.45. The minimum absolute atomic E-state index is 0.0352. The lowest BCUT2D eigenvalue weighted by Crippen LogP contribution is -2.27. The number of amides is 1. The molecule has 8 heteroatoms. The van der Waals surface area contributed by atoms with Gasteiger partial charge in [0.1, 0.15) is 5.82 Å². The van der Waals surface area contributed by atoms with Gasteiger partial charge in [0.25, 0.3) is 5.91 Å². The lowest BCUT2D eigenvalue weighted by molar-refractivity contribution is -0.113. The first-order chi connectivity index (χ1) is 13.3. The number of ether oxygens (including phenoxy) is 1. The summed E-state index contributed by atoms with van der Waals surface area (Å²) in [4.78, 5) is 14.6. The van der Waals surface area contributed by atoms with Crippen LogP contribution in [-0.2, 0) is 11.2 Å². The second kappa shape index (κ2) is 8.34. The second-order valence-corrected chi connectivity index (χ2v) is 7.92. The minimum Gasteiger partial charge on any atom is -0.504 e. The Balaban J connectivity index is 1.98. The van der Waals surface area contributed by atoms with Crippen molar-refractivity contribution in [3.05, 3.63) is 69.9 Å². The number of anilines is 1. The number of phenols is 1.